The van der Waals surface area contributed by atoms with Crippen LogP contribution in [0.4, 0.5) is 0 Å². The Morgan fingerprint density at radius 2 is 0.889 bits per heavy atom. The number of hydrogen-bond acceptors (Lipinski definition) is 6. The van der Waals surface area contributed by atoms with Gasteiger partial charge in [-0.3, -0.25) is 9.11 Å². The molecule has 0 aromatic heterocycles. The zero-order valence-electron chi connectivity index (χ0n) is 13.0. The van der Waals surface area contributed by atoms with Crippen molar-refractivity contribution in [2.75, 3.05) is 0 Å². The molecule has 0 saturated heterocycles. The van der Waals surface area contributed by atoms with Gasteiger partial charge in [-0.15, -0.1) is 0 Å². The smallest absolute Gasteiger partial charge is 0.337 e. The Morgan fingerprint density at radius 3 is 1.07 bits per heavy atom. The molecular weight excluding hydrogens is 456 g/mol. The van der Waals surface area contributed by atoms with Crippen LogP contribution < -0.4 is 0 Å². The minimum Gasteiger partial charge on any atom is -0.478 e. The molecule has 0 aliphatic carbocycles. The zero-order valence-corrected chi connectivity index (χ0v) is 15.5. The van der Waals surface area contributed by atoms with Gasteiger partial charge in [-0.25, -0.2) is 9.59 Å². The van der Waals surface area contributed by atoms with Crippen molar-refractivity contribution in [2.45, 2.75) is 9.79 Å². The molecule has 0 spiro atoms. The van der Waals surface area contributed by atoms with Crippen LogP contribution in [-0.2, 0) is 37.3 Å². The van der Waals surface area contributed by atoms with Crippen molar-refractivity contribution in [1.82, 2.24) is 0 Å². The van der Waals surface area contributed by atoms with Gasteiger partial charge in [0.05, 0.1) is 11.1 Å². The van der Waals surface area contributed by atoms with Gasteiger partial charge >= 0.3 is 11.9 Å². The summed E-state index contributed by atoms with van der Waals surface area (Å²) in [6.45, 7) is 0. The van der Waals surface area contributed by atoms with Gasteiger partial charge in [0.2, 0.25) is 0 Å². The average molecular weight is 468 g/mol. The number of hydrogen-bond donors (Lipinski definition) is 4. The summed E-state index contributed by atoms with van der Waals surface area (Å²) in [6.07, 6.45) is 0. The Hall–Kier alpha value is -2.28. The van der Waals surface area contributed by atoms with E-state index in [-0.39, 0.29) is 17.1 Å². The molecule has 2 aromatic rings. The van der Waals surface area contributed by atoms with Gasteiger partial charge in [0.1, 0.15) is 9.79 Å². The van der Waals surface area contributed by atoms with E-state index in [0.29, 0.717) is 0 Å². The third-order valence-corrected chi connectivity index (χ3v) is 4.61. The van der Waals surface area contributed by atoms with Crippen LogP contribution in [-0.4, -0.2) is 48.1 Å². The topological polar surface area (TPSA) is 183 Å². The molecule has 0 bridgehead atoms. The third-order valence-electron chi connectivity index (χ3n) is 2.79. The molecule has 0 fully saturated rings. The maximum atomic E-state index is 10.7. The Kier molecular flexibility index (Phi) is 8.79. The second-order valence-electron chi connectivity index (χ2n) is 4.55. The number of carboxylic acid groups (broad SMARTS) is 2. The molecule has 2 aromatic carbocycles. The van der Waals surface area contributed by atoms with E-state index < -0.39 is 53.1 Å². The molecule has 0 aliphatic rings. The largest absolute Gasteiger partial charge is 0.478 e. The SMILES string of the molecule is O=C(O)c1ccccc1S(=O)(=O)O.O=C(O)c1ccccc1S(=O)(=O)O.[Cu]. The molecule has 13 heteroatoms. The quantitative estimate of drug-likeness (QED) is 0.377. The van der Waals surface area contributed by atoms with E-state index in [1.807, 2.05) is 0 Å². The van der Waals surface area contributed by atoms with Crippen LogP contribution >= 0.6 is 0 Å². The second kappa shape index (κ2) is 9.60. The van der Waals surface area contributed by atoms with E-state index in [0.717, 1.165) is 24.3 Å². The van der Waals surface area contributed by atoms with Crippen molar-refractivity contribution in [3.8, 4) is 0 Å². The van der Waals surface area contributed by atoms with Crippen LogP contribution in [0, 0.1) is 0 Å². The molecule has 1 radical (unpaired) electrons. The Labute approximate surface area is 164 Å². The molecule has 2 rings (SSSR count). The van der Waals surface area contributed by atoms with Crippen LogP contribution in [0.25, 0.3) is 0 Å². The molecule has 10 nitrogen and oxygen atoms in total. The van der Waals surface area contributed by atoms with Gasteiger partial charge in [0, 0.05) is 17.1 Å². The van der Waals surface area contributed by atoms with Gasteiger partial charge < -0.3 is 10.2 Å². The van der Waals surface area contributed by atoms with E-state index in [1.54, 1.807) is 0 Å². The summed E-state index contributed by atoms with van der Waals surface area (Å²) in [7, 11) is -8.92. The van der Waals surface area contributed by atoms with Gasteiger partial charge in [-0.05, 0) is 24.3 Å². The zero-order chi connectivity index (χ0) is 20.1. The number of carbonyl (C=O) groups is 2. The molecular formula is C14H12CuO10S2. The minimum absolute atomic E-state index is 0. The summed E-state index contributed by atoms with van der Waals surface area (Å²) in [6, 6.07) is 9.66. The molecule has 0 saturated carbocycles. The normalized spacial score (nSPS) is 10.7. The maximum Gasteiger partial charge on any atom is 0.337 e. The molecule has 0 amide bonds. The molecule has 151 valence electrons. The van der Waals surface area contributed by atoms with Crippen molar-refractivity contribution >= 4 is 32.2 Å². The van der Waals surface area contributed by atoms with E-state index in [1.165, 1.54) is 24.3 Å². The summed E-state index contributed by atoms with van der Waals surface area (Å²) in [5.74, 6) is -2.79. The van der Waals surface area contributed by atoms with E-state index in [9.17, 15) is 26.4 Å². The van der Waals surface area contributed by atoms with Crippen molar-refractivity contribution in [2.24, 2.45) is 0 Å². The first kappa shape index (κ1) is 24.7. The predicted octanol–water partition coefficient (Wildman–Crippen LogP) is 1.26. The standard InChI is InChI=1S/2C7H6O5S.Cu/c2*8-7(9)5-3-1-2-4-6(5)13(10,11)12;/h2*1-4H,(H,8,9)(H,10,11,12);. The monoisotopic (exact) mass is 467 g/mol. The fourth-order valence-corrected chi connectivity index (χ4v) is 3.10. The number of benzene rings is 2. The summed E-state index contributed by atoms with van der Waals surface area (Å²) in [5, 5.41) is 17.1. The van der Waals surface area contributed by atoms with Crippen molar-refractivity contribution in [1.29, 1.82) is 0 Å². The number of aromatic carboxylic acids is 2. The number of carboxylic acids is 2. The molecule has 0 heterocycles. The van der Waals surface area contributed by atoms with Crippen molar-refractivity contribution in [3.63, 3.8) is 0 Å². The predicted molar refractivity (Wildman–Crippen MR) is 86.4 cm³/mol. The van der Waals surface area contributed by atoms with Crippen LogP contribution in [0.15, 0.2) is 58.3 Å². The molecule has 0 aliphatic heterocycles. The van der Waals surface area contributed by atoms with E-state index >= 15 is 0 Å². The van der Waals surface area contributed by atoms with Crippen LogP contribution in [0.1, 0.15) is 20.7 Å². The average Bonchev–Trinajstić information content (AvgIpc) is 2.54. The van der Waals surface area contributed by atoms with Gasteiger partial charge in [-0.2, -0.15) is 16.8 Å². The van der Waals surface area contributed by atoms with Crippen molar-refractivity contribution in [3.05, 3.63) is 59.7 Å². The molecule has 0 unspecified atom stereocenters. The molecule has 4 N–H and O–H groups in total. The maximum absolute atomic E-state index is 10.7. The summed E-state index contributed by atoms with van der Waals surface area (Å²) in [5.41, 5.74) is -0.880. The van der Waals surface area contributed by atoms with Crippen LogP contribution in [0.5, 0.6) is 0 Å². The van der Waals surface area contributed by atoms with Crippen LogP contribution in [0.3, 0.4) is 0 Å². The van der Waals surface area contributed by atoms with E-state index in [2.05, 4.69) is 0 Å². The summed E-state index contributed by atoms with van der Waals surface area (Å²) in [4.78, 5) is 19.8. The number of rotatable bonds is 4. The second-order valence-corrected chi connectivity index (χ2v) is 7.33. The van der Waals surface area contributed by atoms with Crippen LogP contribution in [0.2, 0.25) is 0 Å². The summed E-state index contributed by atoms with van der Waals surface area (Å²) >= 11 is 0. The first-order valence-electron chi connectivity index (χ1n) is 6.45. The first-order chi connectivity index (χ1) is 11.9. The van der Waals surface area contributed by atoms with Crippen molar-refractivity contribution < 1.29 is 62.8 Å². The Morgan fingerprint density at radius 1 is 0.630 bits per heavy atom. The van der Waals surface area contributed by atoms with E-state index in [4.69, 9.17) is 19.3 Å². The van der Waals surface area contributed by atoms with Gasteiger partial charge in [-0.1, -0.05) is 24.3 Å². The fourth-order valence-electron chi connectivity index (χ4n) is 1.74. The Bertz CT molecular complexity index is 960. The first-order valence-corrected chi connectivity index (χ1v) is 9.33. The molecule has 0 atom stereocenters. The third kappa shape index (κ3) is 7.09. The fraction of sp³-hybridized carbons (Fsp3) is 0. The molecule has 27 heavy (non-hydrogen) atoms. The van der Waals surface area contributed by atoms with Gasteiger partial charge in [0.15, 0.2) is 0 Å². The summed E-state index contributed by atoms with van der Waals surface area (Å²) < 4.78 is 59.9. The Balaban J connectivity index is 0.000000483. The van der Waals surface area contributed by atoms with Gasteiger partial charge in [0.25, 0.3) is 20.2 Å². The minimum atomic E-state index is -4.46.